The first-order valence-corrected chi connectivity index (χ1v) is 6.43. The number of carboxylic acid groups (broad SMARTS) is 1. The summed E-state index contributed by atoms with van der Waals surface area (Å²) in [4.78, 5) is 24.6. The summed E-state index contributed by atoms with van der Waals surface area (Å²) in [5, 5.41) is 11.5. The topological polar surface area (TPSA) is 69.6 Å². The lowest BCUT2D eigenvalue weighted by Crippen LogP contribution is -2.50. The quantitative estimate of drug-likeness (QED) is 0.871. The second-order valence-corrected chi connectivity index (χ2v) is 4.73. The predicted octanol–water partition coefficient (Wildman–Crippen LogP) is 2.47. The van der Waals surface area contributed by atoms with Crippen LogP contribution < -0.4 is 10.2 Å². The molecular formula is C14H19FN2O3. The lowest BCUT2D eigenvalue weighted by molar-refractivity contribution is -0.140. The van der Waals surface area contributed by atoms with Crippen LogP contribution in [0.2, 0.25) is 0 Å². The Balaban J connectivity index is 2.87. The number of carbonyl (C=O) groups is 2. The van der Waals surface area contributed by atoms with Crippen molar-refractivity contribution in [2.75, 3.05) is 11.4 Å². The van der Waals surface area contributed by atoms with E-state index in [1.54, 1.807) is 20.8 Å². The second-order valence-electron chi connectivity index (χ2n) is 4.73. The normalized spacial score (nSPS) is 12.1. The van der Waals surface area contributed by atoms with Gasteiger partial charge in [0.05, 0.1) is 0 Å². The Kier molecular flexibility index (Phi) is 5.49. The molecule has 110 valence electrons. The summed E-state index contributed by atoms with van der Waals surface area (Å²) in [5.41, 5.74) is 0.513. The summed E-state index contributed by atoms with van der Waals surface area (Å²) in [6.07, 6.45) is 0. The van der Waals surface area contributed by atoms with E-state index in [1.165, 1.54) is 29.2 Å². The van der Waals surface area contributed by atoms with E-state index in [0.29, 0.717) is 12.2 Å². The smallest absolute Gasteiger partial charge is 0.326 e. The molecule has 0 aliphatic heterocycles. The number of anilines is 1. The zero-order chi connectivity index (χ0) is 15.3. The van der Waals surface area contributed by atoms with Gasteiger partial charge in [0.2, 0.25) is 0 Å². The fourth-order valence-electron chi connectivity index (χ4n) is 1.79. The van der Waals surface area contributed by atoms with Crippen LogP contribution in [0.15, 0.2) is 24.3 Å². The minimum atomic E-state index is -1.08. The zero-order valence-corrected chi connectivity index (χ0v) is 11.8. The third-order valence-corrected chi connectivity index (χ3v) is 2.91. The Hall–Kier alpha value is -2.11. The third-order valence-electron chi connectivity index (χ3n) is 2.91. The van der Waals surface area contributed by atoms with Gasteiger partial charge in [0.15, 0.2) is 0 Å². The highest BCUT2D eigenvalue weighted by Gasteiger charge is 2.25. The SMILES string of the molecule is CCN(C(=O)N[C@@H](C(=O)O)C(C)C)c1ccc(F)cc1. The Morgan fingerprint density at radius 3 is 2.25 bits per heavy atom. The number of nitrogens with zero attached hydrogens (tertiary/aromatic N) is 1. The van der Waals surface area contributed by atoms with Gasteiger partial charge in [-0.2, -0.15) is 0 Å². The van der Waals surface area contributed by atoms with E-state index >= 15 is 0 Å². The van der Waals surface area contributed by atoms with E-state index in [9.17, 15) is 14.0 Å². The molecular weight excluding hydrogens is 263 g/mol. The summed E-state index contributed by atoms with van der Waals surface area (Å²) in [5.74, 6) is -1.71. The first-order chi connectivity index (χ1) is 9.36. The van der Waals surface area contributed by atoms with Crippen LogP contribution in [0.5, 0.6) is 0 Å². The van der Waals surface area contributed by atoms with E-state index in [4.69, 9.17) is 5.11 Å². The first kappa shape index (κ1) is 15.9. The van der Waals surface area contributed by atoms with Crippen LogP contribution in [0, 0.1) is 11.7 Å². The van der Waals surface area contributed by atoms with E-state index in [0.717, 1.165) is 0 Å². The summed E-state index contributed by atoms with van der Waals surface area (Å²) in [7, 11) is 0. The van der Waals surface area contributed by atoms with Crippen LogP contribution in [-0.4, -0.2) is 29.7 Å². The van der Waals surface area contributed by atoms with Crippen molar-refractivity contribution in [2.24, 2.45) is 5.92 Å². The molecule has 0 aliphatic rings. The second kappa shape index (κ2) is 6.88. The lowest BCUT2D eigenvalue weighted by Gasteiger charge is -2.25. The van der Waals surface area contributed by atoms with Crippen molar-refractivity contribution in [1.29, 1.82) is 0 Å². The monoisotopic (exact) mass is 282 g/mol. The number of aliphatic carboxylic acids is 1. The molecule has 6 heteroatoms. The van der Waals surface area contributed by atoms with E-state index in [2.05, 4.69) is 5.32 Å². The van der Waals surface area contributed by atoms with Crippen molar-refractivity contribution >= 4 is 17.7 Å². The molecule has 2 N–H and O–H groups in total. The van der Waals surface area contributed by atoms with Crippen molar-refractivity contribution in [2.45, 2.75) is 26.8 Å². The molecule has 0 unspecified atom stereocenters. The Labute approximate surface area is 117 Å². The largest absolute Gasteiger partial charge is 0.480 e. The maximum absolute atomic E-state index is 12.9. The van der Waals surface area contributed by atoms with Gasteiger partial charge >= 0.3 is 12.0 Å². The van der Waals surface area contributed by atoms with Crippen molar-refractivity contribution < 1.29 is 19.1 Å². The van der Waals surface area contributed by atoms with Crippen LogP contribution in [0.25, 0.3) is 0 Å². The Morgan fingerprint density at radius 2 is 1.85 bits per heavy atom. The van der Waals surface area contributed by atoms with Crippen LogP contribution in [0.1, 0.15) is 20.8 Å². The number of carbonyl (C=O) groups excluding carboxylic acids is 1. The number of hydrogen-bond acceptors (Lipinski definition) is 2. The molecule has 1 atom stereocenters. The average Bonchev–Trinajstić information content (AvgIpc) is 2.38. The standard InChI is InChI=1S/C14H19FN2O3/c1-4-17(11-7-5-10(15)6-8-11)14(20)16-12(9(2)3)13(18)19/h5-9,12H,4H2,1-3H3,(H,16,20)(H,18,19)/t12-/m1/s1. The lowest BCUT2D eigenvalue weighted by atomic mass is 10.1. The summed E-state index contributed by atoms with van der Waals surface area (Å²) >= 11 is 0. The van der Waals surface area contributed by atoms with Crippen molar-refractivity contribution in [1.82, 2.24) is 5.32 Å². The van der Waals surface area contributed by atoms with Crippen molar-refractivity contribution in [3.05, 3.63) is 30.1 Å². The molecule has 0 radical (unpaired) electrons. The molecule has 5 nitrogen and oxygen atoms in total. The number of nitrogens with one attached hydrogen (secondary N) is 1. The van der Waals surface area contributed by atoms with Crippen LogP contribution in [0.4, 0.5) is 14.9 Å². The molecule has 0 spiro atoms. The molecule has 1 aromatic rings. The molecule has 1 aromatic carbocycles. The maximum Gasteiger partial charge on any atom is 0.326 e. The van der Waals surface area contributed by atoms with Crippen molar-refractivity contribution in [3.63, 3.8) is 0 Å². The molecule has 20 heavy (non-hydrogen) atoms. The van der Waals surface area contributed by atoms with E-state index < -0.39 is 23.9 Å². The minimum absolute atomic E-state index is 0.233. The van der Waals surface area contributed by atoms with E-state index in [-0.39, 0.29) is 5.92 Å². The highest BCUT2D eigenvalue weighted by molar-refractivity contribution is 5.94. The number of hydrogen-bond donors (Lipinski definition) is 2. The molecule has 0 bridgehead atoms. The highest BCUT2D eigenvalue weighted by atomic mass is 19.1. The number of benzene rings is 1. The molecule has 0 aliphatic carbocycles. The number of carboxylic acids is 1. The fraction of sp³-hybridized carbons (Fsp3) is 0.429. The van der Waals surface area contributed by atoms with Crippen LogP contribution in [0.3, 0.4) is 0 Å². The summed E-state index contributed by atoms with van der Waals surface area (Å²) in [6, 6.07) is 3.98. The molecule has 0 heterocycles. The Bertz CT molecular complexity index is 474. The fourth-order valence-corrected chi connectivity index (χ4v) is 1.79. The molecule has 0 saturated heterocycles. The molecule has 0 aromatic heterocycles. The zero-order valence-electron chi connectivity index (χ0n) is 11.8. The molecule has 0 saturated carbocycles. The predicted molar refractivity (Wildman–Crippen MR) is 74.2 cm³/mol. The van der Waals surface area contributed by atoms with Gasteiger partial charge in [-0.1, -0.05) is 13.8 Å². The number of rotatable bonds is 5. The number of halogens is 1. The van der Waals surface area contributed by atoms with Gasteiger partial charge in [-0.15, -0.1) is 0 Å². The summed E-state index contributed by atoms with van der Waals surface area (Å²) < 4.78 is 12.9. The number of amides is 2. The van der Waals surface area contributed by atoms with E-state index in [1.807, 2.05) is 0 Å². The first-order valence-electron chi connectivity index (χ1n) is 6.43. The average molecular weight is 282 g/mol. The minimum Gasteiger partial charge on any atom is -0.480 e. The van der Waals surface area contributed by atoms with Gasteiger partial charge in [-0.05, 0) is 37.1 Å². The van der Waals surface area contributed by atoms with Gasteiger partial charge in [-0.3, -0.25) is 4.90 Å². The van der Waals surface area contributed by atoms with Crippen molar-refractivity contribution in [3.8, 4) is 0 Å². The molecule has 1 rings (SSSR count). The van der Waals surface area contributed by atoms with Crippen LogP contribution >= 0.6 is 0 Å². The van der Waals surface area contributed by atoms with Gasteiger partial charge in [0.25, 0.3) is 0 Å². The molecule has 0 fully saturated rings. The van der Waals surface area contributed by atoms with Gasteiger partial charge in [0, 0.05) is 12.2 Å². The third kappa shape index (κ3) is 3.94. The number of urea groups is 1. The van der Waals surface area contributed by atoms with Gasteiger partial charge in [0.1, 0.15) is 11.9 Å². The van der Waals surface area contributed by atoms with Gasteiger partial charge < -0.3 is 10.4 Å². The van der Waals surface area contributed by atoms with Gasteiger partial charge in [-0.25, -0.2) is 14.0 Å². The Morgan fingerprint density at radius 1 is 1.30 bits per heavy atom. The highest BCUT2D eigenvalue weighted by Crippen LogP contribution is 2.15. The summed E-state index contributed by atoms with van der Waals surface area (Å²) in [6.45, 7) is 5.54. The van der Waals surface area contributed by atoms with Crippen LogP contribution in [-0.2, 0) is 4.79 Å². The maximum atomic E-state index is 12.9. The molecule has 2 amide bonds.